The third-order valence-electron chi connectivity index (χ3n) is 3.53. The number of rotatable bonds is 1. The van der Waals surface area contributed by atoms with Crippen molar-refractivity contribution in [2.45, 2.75) is 37.3 Å². The van der Waals surface area contributed by atoms with E-state index >= 15 is 0 Å². The Hall–Kier alpha value is -0.120. The second-order valence-corrected chi connectivity index (χ2v) is 4.52. The first-order valence-electron chi connectivity index (χ1n) is 5.33. The van der Waals surface area contributed by atoms with Crippen LogP contribution in [0.1, 0.15) is 25.7 Å². The van der Waals surface area contributed by atoms with Gasteiger partial charge in [-0.3, -0.25) is 0 Å². The lowest BCUT2D eigenvalue weighted by Crippen LogP contribution is -2.53. The molecule has 2 rings (SSSR count). The maximum Gasteiger partial charge on any atom is 0.121 e. The summed E-state index contributed by atoms with van der Waals surface area (Å²) in [5.41, 5.74) is -0.664. The lowest BCUT2D eigenvalue weighted by Gasteiger charge is -2.38. The molecule has 2 saturated heterocycles. The zero-order chi connectivity index (χ0) is 9.31. The minimum absolute atomic E-state index is 0.251. The van der Waals surface area contributed by atoms with E-state index in [0.29, 0.717) is 0 Å². The van der Waals surface area contributed by atoms with Crippen LogP contribution in [0.5, 0.6) is 0 Å². The Morgan fingerprint density at radius 2 is 2.08 bits per heavy atom. The Morgan fingerprint density at radius 1 is 1.38 bits per heavy atom. The summed E-state index contributed by atoms with van der Waals surface area (Å²) in [6.07, 6.45) is 3.92. The normalized spacial score (nSPS) is 35.1. The van der Waals surface area contributed by atoms with Gasteiger partial charge in [0.15, 0.2) is 0 Å². The van der Waals surface area contributed by atoms with Crippen molar-refractivity contribution in [3.63, 3.8) is 0 Å². The molecule has 13 heavy (non-hydrogen) atoms. The molecule has 2 heterocycles. The molecule has 2 fully saturated rings. The molecule has 1 N–H and O–H groups in total. The maximum absolute atomic E-state index is 12.4. The Morgan fingerprint density at radius 3 is 2.62 bits per heavy atom. The summed E-state index contributed by atoms with van der Waals surface area (Å²) < 4.78 is 0. The molecule has 0 amide bonds. The minimum atomic E-state index is -0.664. The van der Waals surface area contributed by atoms with Crippen LogP contribution in [0.3, 0.4) is 0 Å². The van der Waals surface area contributed by atoms with Gasteiger partial charge in [0, 0.05) is 19.1 Å². The second-order valence-electron chi connectivity index (χ2n) is 4.52. The highest BCUT2D eigenvalue weighted by Crippen LogP contribution is 2.30. The van der Waals surface area contributed by atoms with Crippen LogP contribution in [0.25, 0.3) is 0 Å². The number of nitrogens with one attached hydrogen (secondary N) is 1. The Bertz CT molecular complexity index is 170. The Labute approximate surface area is 80.1 Å². The SMILES string of the molecule is CN1CCC([O])(C2CCCN2)CC1. The lowest BCUT2D eigenvalue weighted by molar-refractivity contribution is -0.0932. The van der Waals surface area contributed by atoms with Crippen LogP contribution in [0.2, 0.25) is 0 Å². The summed E-state index contributed by atoms with van der Waals surface area (Å²) in [5.74, 6) is 0. The fraction of sp³-hybridized carbons (Fsp3) is 1.00. The largest absolute Gasteiger partial charge is 0.311 e. The standard InChI is InChI=1S/C10H19N2O/c1-12-7-4-10(13,5-8-12)9-3-2-6-11-9/h9,11H,2-8H2,1H3. The molecule has 0 aromatic heterocycles. The van der Waals surface area contributed by atoms with Gasteiger partial charge in [-0.05, 0) is 39.3 Å². The van der Waals surface area contributed by atoms with Gasteiger partial charge in [-0.15, -0.1) is 0 Å². The zero-order valence-electron chi connectivity index (χ0n) is 8.38. The molecule has 3 heteroatoms. The maximum atomic E-state index is 12.4. The van der Waals surface area contributed by atoms with E-state index in [4.69, 9.17) is 0 Å². The first-order valence-corrected chi connectivity index (χ1v) is 5.33. The predicted octanol–water partition coefficient (Wildman–Crippen LogP) is 0.633. The highest BCUT2D eigenvalue weighted by Gasteiger charge is 2.41. The van der Waals surface area contributed by atoms with Gasteiger partial charge in [-0.25, -0.2) is 5.11 Å². The van der Waals surface area contributed by atoms with Crippen molar-refractivity contribution in [1.29, 1.82) is 0 Å². The Kier molecular flexibility index (Phi) is 2.58. The van der Waals surface area contributed by atoms with E-state index in [1.54, 1.807) is 0 Å². The van der Waals surface area contributed by atoms with Crippen molar-refractivity contribution in [2.24, 2.45) is 0 Å². The number of piperidine rings is 1. The van der Waals surface area contributed by atoms with E-state index in [-0.39, 0.29) is 6.04 Å². The fourth-order valence-electron chi connectivity index (χ4n) is 2.48. The van der Waals surface area contributed by atoms with Crippen LogP contribution in [0.4, 0.5) is 0 Å². The molecule has 0 aromatic rings. The van der Waals surface area contributed by atoms with E-state index in [2.05, 4.69) is 17.3 Å². The van der Waals surface area contributed by atoms with Crippen molar-refractivity contribution in [2.75, 3.05) is 26.7 Å². The van der Waals surface area contributed by atoms with E-state index in [1.165, 1.54) is 6.42 Å². The summed E-state index contributed by atoms with van der Waals surface area (Å²) in [7, 11) is 2.10. The molecule has 1 atom stereocenters. The van der Waals surface area contributed by atoms with Gasteiger partial charge < -0.3 is 10.2 Å². The summed E-state index contributed by atoms with van der Waals surface area (Å²) >= 11 is 0. The van der Waals surface area contributed by atoms with Crippen LogP contribution >= 0.6 is 0 Å². The molecule has 0 aliphatic carbocycles. The van der Waals surface area contributed by atoms with Gasteiger partial charge in [0.2, 0.25) is 0 Å². The van der Waals surface area contributed by atoms with Gasteiger partial charge >= 0.3 is 0 Å². The molecule has 1 unspecified atom stereocenters. The summed E-state index contributed by atoms with van der Waals surface area (Å²) in [6.45, 7) is 2.99. The zero-order valence-corrected chi connectivity index (χ0v) is 8.38. The topological polar surface area (TPSA) is 35.2 Å². The van der Waals surface area contributed by atoms with Crippen LogP contribution in [0, 0.1) is 0 Å². The lowest BCUT2D eigenvalue weighted by atomic mass is 9.84. The first kappa shape index (κ1) is 9.44. The minimum Gasteiger partial charge on any atom is -0.311 e. The smallest absolute Gasteiger partial charge is 0.121 e. The van der Waals surface area contributed by atoms with E-state index < -0.39 is 5.60 Å². The molecule has 0 saturated carbocycles. The van der Waals surface area contributed by atoms with E-state index in [0.717, 1.165) is 38.9 Å². The average Bonchev–Trinajstić information content (AvgIpc) is 2.63. The van der Waals surface area contributed by atoms with Gasteiger partial charge in [0.1, 0.15) is 5.60 Å². The highest BCUT2D eigenvalue weighted by molar-refractivity contribution is 4.97. The molecule has 1 radical (unpaired) electrons. The first-order chi connectivity index (χ1) is 6.21. The molecule has 2 aliphatic heterocycles. The summed E-state index contributed by atoms with van der Waals surface area (Å²) in [4.78, 5) is 2.26. The molecule has 0 aromatic carbocycles. The average molecular weight is 183 g/mol. The van der Waals surface area contributed by atoms with Crippen LogP contribution < -0.4 is 5.32 Å². The predicted molar refractivity (Wildman–Crippen MR) is 51.2 cm³/mol. The van der Waals surface area contributed by atoms with Crippen molar-refractivity contribution in [1.82, 2.24) is 10.2 Å². The monoisotopic (exact) mass is 183 g/mol. The fourth-order valence-corrected chi connectivity index (χ4v) is 2.48. The third kappa shape index (κ3) is 1.87. The second kappa shape index (κ2) is 3.56. The quantitative estimate of drug-likeness (QED) is 0.647. The van der Waals surface area contributed by atoms with Gasteiger partial charge in [0.05, 0.1) is 0 Å². The molecular formula is C10H19N2O. The van der Waals surface area contributed by atoms with Crippen molar-refractivity contribution >= 4 is 0 Å². The van der Waals surface area contributed by atoms with Crippen LogP contribution in [-0.4, -0.2) is 43.2 Å². The highest BCUT2D eigenvalue weighted by atomic mass is 16.3. The summed E-state index contributed by atoms with van der Waals surface area (Å²) in [5, 5.41) is 15.7. The van der Waals surface area contributed by atoms with Crippen molar-refractivity contribution in [3.05, 3.63) is 0 Å². The van der Waals surface area contributed by atoms with Crippen molar-refractivity contribution < 1.29 is 5.11 Å². The van der Waals surface area contributed by atoms with E-state index in [9.17, 15) is 5.11 Å². The van der Waals surface area contributed by atoms with Gasteiger partial charge in [-0.1, -0.05) is 0 Å². The number of hydrogen-bond donors (Lipinski definition) is 1. The number of nitrogens with zero attached hydrogens (tertiary/aromatic N) is 1. The third-order valence-corrected chi connectivity index (χ3v) is 3.53. The Balaban J connectivity index is 1.95. The molecule has 3 nitrogen and oxygen atoms in total. The van der Waals surface area contributed by atoms with Gasteiger partial charge in [0.25, 0.3) is 0 Å². The number of hydrogen-bond acceptors (Lipinski definition) is 2. The number of likely N-dealkylation sites (tertiary alicyclic amines) is 1. The van der Waals surface area contributed by atoms with Gasteiger partial charge in [-0.2, -0.15) is 0 Å². The van der Waals surface area contributed by atoms with E-state index in [1.807, 2.05) is 0 Å². The molecule has 0 spiro atoms. The molecular weight excluding hydrogens is 164 g/mol. The molecule has 75 valence electrons. The van der Waals surface area contributed by atoms with Crippen LogP contribution in [-0.2, 0) is 5.11 Å². The van der Waals surface area contributed by atoms with Crippen molar-refractivity contribution in [3.8, 4) is 0 Å². The molecule has 2 aliphatic rings. The van der Waals surface area contributed by atoms with Crippen LogP contribution in [0.15, 0.2) is 0 Å². The summed E-state index contributed by atoms with van der Waals surface area (Å²) in [6, 6.07) is 0.251. The molecule has 0 bridgehead atoms.